The van der Waals surface area contributed by atoms with E-state index in [-0.39, 0.29) is 23.6 Å². The predicted octanol–water partition coefficient (Wildman–Crippen LogP) is 3.81. The first-order valence-electron chi connectivity index (χ1n) is 12.4. The molecule has 0 saturated heterocycles. The van der Waals surface area contributed by atoms with Gasteiger partial charge in [0.25, 0.3) is 17.7 Å². The first kappa shape index (κ1) is 25.0. The monoisotopic (exact) mass is 513 g/mol. The third-order valence-electron chi connectivity index (χ3n) is 6.49. The molecule has 0 bridgehead atoms. The smallest absolute Gasteiger partial charge is 0.265 e. The number of amides is 4. The number of ether oxygens (including phenoxy) is 2. The molecule has 2 heterocycles. The van der Waals surface area contributed by atoms with Crippen molar-refractivity contribution in [2.75, 3.05) is 36.5 Å². The summed E-state index contributed by atoms with van der Waals surface area (Å²) in [7, 11) is 0. The molecule has 0 radical (unpaired) electrons. The molecule has 0 aromatic heterocycles. The Bertz CT molecular complexity index is 1380. The van der Waals surface area contributed by atoms with Crippen LogP contribution in [0.5, 0.6) is 11.5 Å². The van der Waals surface area contributed by atoms with Gasteiger partial charge in [-0.05, 0) is 61.7 Å². The number of carbonyl (C=O) groups excluding carboxylic acids is 4. The number of hydrogen-bond acceptors (Lipinski definition) is 6. The van der Waals surface area contributed by atoms with Crippen LogP contribution < -0.4 is 19.7 Å². The average Bonchev–Trinajstić information content (AvgIpc) is 3.15. The van der Waals surface area contributed by atoms with Crippen LogP contribution in [-0.2, 0) is 9.59 Å². The van der Waals surface area contributed by atoms with E-state index in [1.165, 1.54) is 0 Å². The van der Waals surface area contributed by atoms with Gasteiger partial charge in [0.1, 0.15) is 18.0 Å². The molecule has 3 aromatic carbocycles. The van der Waals surface area contributed by atoms with E-state index in [4.69, 9.17) is 9.47 Å². The number of fused-ring (bicyclic) bond motifs is 2. The van der Waals surface area contributed by atoms with Crippen LogP contribution in [0.3, 0.4) is 0 Å². The van der Waals surface area contributed by atoms with Gasteiger partial charge in [-0.1, -0.05) is 30.3 Å². The van der Waals surface area contributed by atoms with Crippen molar-refractivity contribution < 1.29 is 28.7 Å². The lowest BCUT2D eigenvalue weighted by atomic mass is 10.1. The fourth-order valence-corrected chi connectivity index (χ4v) is 4.52. The molecule has 0 unspecified atom stereocenters. The number of hydrogen-bond donors (Lipinski definition) is 1. The van der Waals surface area contributed by atoms with Crippen molar-refractivity contribution in [3.63, 3.8) is 0 Å². The Morgan fingerprint density at radius 2 is 1.63 bits per heavy atom. The van der Waals surface area contributed by atoms with Crippen LogP contribution >= 0.6 is 0 Å². The Labute approximate surface area is 219 Å². The number of aryl methyl sites for hydroxylation is 1. The molecule has 194 valence electrons. The van der Waals surface area contributed by atoms with Crippen molar-refractivity contribution in [2.24, 2.45) is 0 Å². The molecule has 4 amide bonds. The predicted molar refractivity (Wildman–Crippen MR) is 141 cm³/mol. The van der Waals surface area contributed by atoms with Crippen molar-refractivity contribution in [2.45, 2.75) is 19.8 Å². The maximum absolute atomic E-state index is 12.7. The summed E-state index contributed by atoms with van der Waals surface area (Å²) in [6.07, 6.45) is 1.47. The van der Waals surface area contributed by atoms with Gasteiger partial charge in [-0.2, -0.15) is 0 Å². The zero-order chi connectivity index (χ0) is 26.6. The Kier molecular flexibility index (Phi) is 7.08. The molecule has 38 heavy (non-hydrogen) atoms. The van der Waals surface area contributed by atoms with Gasteiger partial charge in [-0.3, -0.25) is 24.1 Å². The van der Waals surface area contributed by atoms with Crippen LogP contribution in [-0.4, -0.2) is 54.8 Å². The lowest BCUT2D eigenvalue weighted by Gasteiger charge is -2.30. The minimum atomic E-state index is -0.526. The molecule has 5 rings (SSSR count). The fraction of sp³-hybridized carbons (Fsp3) is 0.241. The van der Waals surface area contributed by atoms with E-state index in [1.54, 1.807) is 47.4 Å². The highest BCUT2D eigenvalue weighted by atomic mass is 16.5. The topological polar surface area (TPSA) is 105 Å². The molecule has 0 saturated carbocycles. The molecule has 0 fully saturated rings. The van der Waals surface area contributed by atoms with Crippen LogP contribution in [0.2, 0.25) is 0 Å². The number of rotatable bonds is 9. The van der Waals surface area contributed by atoms with Crippen LogP contribution in [0.4, 0.5) is 11.4 Å². The van der Waals surface area contributed by atoms with Crippen LogP contribution in [0.25, 0.3) is 0 Å². The van der Waals surface area contributed by atoms with Crippen molar-refractivity contribution in [1.29, 1.82) is 0 Å². The Balaban J connectivity index is 1.19. The highest BCUT2D eigenvalue weighted by molar-refractivity contribution is 6.22. The van der Waals surface area contributed by atoms with Crippen LogP contribution in [0.1, 0.15) is 39.1 Å². The molecule has 3 aromatic rings. The molecule has 9 heteroatoms. The second-order valence-electron chi connectivity index (χ2n) is 9.13. The van der Waals surface area contributed by atoms with E-state index in [0.29, 0.717) is 36.7 Å². The van der Waals surface area contributed by atoms with Crippen LogP contribution in [0.15, 0.2) is 66.7 Å². The maximum Gasteiger partial charge on any atom is 0.265 e. The molecular formula is C29H27N3O6. The van der Waals surface area contributed by atoms with Gasteiger partial charge < -0.3 is 19.7 Å². The second kappa shape index (κ2) is 10.8. The molecule has 0 aliphatic carbocycles. The van der Waals surface area contributed by atoms with E-state index < -0.39 is 24.3 Å². The van der Waals surface area contributed by atoms with Gasteiger partial charge in [-0.15, -0.1) is 0 Å². The number of benzene rings is 3. The highest BCUT2D eigenvalue weighted by Crippen LogP contribution is 2.35. The summed E-state index contributed by atoms with van der Waals surface area (Å²) in [6, 6.07) is 19.3. The van der Waals surface area contributed by atoms with Gasteiger partial charge in [0, 0.05) is 12.2 Å². The third kappa shape index (κ3) is 5.08. The van der Waals surface area contributed by atoms with Gasteiger partial charge >= 0.3 is 0 Å². The van der Waals surface area contributed by atoms with E-state index >= 15 is 0 Å². The minimum absolute atomic E-state index is 0.0574. The number of unbranched alkanes of at least 4 members (excludes halogenated alkanes) is 1. The Hall–Kier alpha value is -4.66. The van der Waals surface area contributed by atoms with E-state index in [9.17, 15) is 19.2 Å². The highest BCUT2D eigenvalue weighted by Gasteiger charge is 2.36. The van der Waals surface area contributed by atoms with E-state index in [0.717, 1.165) is 22.6 Å². The van der Waals surface area contributed by atoms with Gasteiger partial charge in [0.05, 0.1) is 23.4 Å². The molecule has 0 atom stereocenters. The molecule has 2 aliphatic rings. The van der Waals surface area contributed by atoms with Crippen molar-refractivity contribution >= 4 is 35.0 Å². The third-order valence-corrected chi connectivity index (χ3v) is 6.49. The SMILES string of the molecule is Cc1ccccc1OCCCCN1C(=O)COc2ccc(NC(=O)CN3C(=O)c4ccccc4C3=O)cc21. The average molecular weight is 514 g/mol. The molecular weight excluding hydrogens is 486 g/mol. The summed E-state index contributed by atoms with van der Waals surface area (Å²) in [5, 5.41) is 2.72. The van der Waals surface area contributed by atoms with Gasteiger partial charge in [-0.25, -0.2) is 0 Å². The zero-order valence-electron chi connectivity index (χ0n) is 20.9. The summed E-state index contributed by atoms with van der Waals surface area (Å²) in [4.78, 5) is 53.1. The van der Waals surface area contributed by atoms with E-state index in [2.05, 4.69) is 5.32 Å². The number of nitrogens with zero attached hydrogens (tertiary/aromatic N) is 2. The largest absolute Gasteiger partial charge is 0.493 e. The minimum Gasteiger partial charge on any atom is -0.493 e. The lowest BCUT2D eigenvalue weighted by Crippen LogP contribution is -2.39. The second-order valence-corrected chi connectivity index (χ2v) is 9.13. The first-order valence-corrected chi connectivity index (χ1v) is 12.4. The summed E-state index contributed by atoms with van der Waals surface area (Å²) in [5.74, 6) is -0.305. The van der Waals surface area contributed by atoms with Crippen molar-refractivity contribution in [3.8, 4) is 11.5 Å². The summed E-state index contributed by atoms with van der Waals surface area (Å²) in [6.45, 7) is 2.53. The van der Waals surface area contributed by atoms with Gasteiger partial charge in [0.2, 0.25) is 5.91 Å². The normalized spacial score (nSPS) is 14.2. The summed E-state index contributed by atoms with van der Waals surface area (Å²) < 4.78 is 11.4. The number of para-hydroxylation sites is 1. The summed E-state index contributed by atoms with van der Waals surface area (Å²) >= 11 is 0. The summed E-state index contributed by atoms with van der Waals surface area (Å²) in [5.41, 5.74) is 2.63. The molecule has 1 N–H and O–H groups in total. The Morgan fingerprint density at radius 3 is 2.37 bits per heavy atom. The van der Waals surface area contributed by atoms with Crippen molar-refractivity contribution in [1.82, 2.24) is 4.90 Å². The molecule has 9 nitrogen and oxygen atoms in total. The van der Waals surface area contributed by atoms with E-state index in [1.807, 2.05) is 31.2 Å². The van der Waals surface area contributed by atoms with Gasteiger partial charge in [0.15, 0.2) is 6.61 Å². The maximum atomic E-state index is 12.7. The van der Waals surface area contributed by atoms with Crippen LogP contribution in [0, 0.1) is 6.92 Å². The number of anilines is 2. The van der Waals surface area contributed by atoms with Crippen molar-refractivity contribution in [3.05, 3.63) is 83.4 Å². The molecule has 2 aliphatic heterocycles. The lowest BCUT2D eigenvalue weighted by molar-refractivity contribution is -0.121. The first-order chi connectivity index (χ1) is 18.4. The number of imide groups is 1. The standard InChI is InChI=1S/C29H27N3O6/c1-19-8-2-5-11-24(19)37-15-7-6-14-31-23-16-20(12-13-25(23)38-18-27(31)34)30-26(33)17-32-28(35)21-9-3-4-10-22(21)29(32)36/h2-5,8-13,16H,6-7,14-15,17-18H2,1H3,(H,30,33). The fourth-order valence-electron chi connectivity index (χ4n) is 4.52. The number of nitrogens with one attached hydrogen (secondary N) is 1. The Morgan fingerprint density at radius 1 is 0.921 bits per heavy atom. The quantitative estimate of drug-likeness (QED) is 0.345. The molecule has 0 spiro atoms. The zero-order valence-corrected chi connectivity index (χ0v) is 20.9. The number of carbonyl (C=O) groups is 4.